The summed E-state index contributed by atoms with van der Waals surface area (Å²) in [5.41, 5.74) is 0.311. The number of nitrogens with one attached hydrogen (secondary N) is 1. The molecule has 2 amide bonds. The fraction of sp³-hybridized carbons (Fsp3) is 0.750. The van der Waals surface area contributed by atoms with Gasteiger partial charge >= 0.3 is 12.1 Å². The van der Waals surface area contributed by atoms with Crippen molar-refractivity contribution in [2.75, 3.05) is 31.1 Å². The first-order valence-corrected chi connectivity index (χ1v) is 14.7. The molecule has 9 heteroatoms. The highest BCUT2D eigenvalue weighted by Gasteiger charge is 2.39. The second-order valence-corrected chi connectivity index (χ2v) is 13.1. The molecule has 0 unspecified atom stereocenters. The van der Waals surface area contributed by atoms with E-state index in [0.717, 1.165) is 56.5 Å². The Balaban J connectivity index is 1.55. The van der Waals surface area contributed by atoms with Crippen LogP contribution >= 0.6 is 11.3 Å². The van der Waals surface area contributed by atoms with Crippen LogP contribution in [-0.4, -0.2) is 66.3 Å². The van der Waals surface area contributed by atoms with Crippen LogP contribution in [-0.2, 0) is 14.9 Å². The highest BCUT2D eigenvalue weighted by Crippen LogP contribution is 2.41. The molecular weight excluding hydrogens is 490 g/mol. The summed E-state index contributed by atoms with van der Waals surface area (Å²) in [4.78, 5) is 43.9. The number of carboxylic acids is 1. The third kappa shape index (κ3) is 6.66. The van der Waals surface area contributed by atoms with Crippen LogP contribution in [0.5, 0.6) is 0 Å². The molecule has 3 heterocycles. The summed E-state index contributed by atoms with van der Waals surface area (Å²) in [6, 6.07) is 1.78. The van der Waals surface area contributed by atoms with Crippen molar-refractivity contribution in [1.29, 1.82) is 0 Å². The van der Waals surface area contributed by atoms with Gasteiger partial charge in [-0.15, -0.1) is 11.3 Å². The zero-order valence-electron chi connectivity index (χ0n) is 22.8. The van der Waals surface area contributed by atoms with Crippen LogP contribution in [0.15, 0.2) is 6.07 Å². The molecule has 0 atom stereocenters. The minimum absolute atomic E-state index is 0.0435. The van der Waals surface area contributed by atoms with Gasteiger partial charge in [0.1, 0.15) is 11.0 Å². The molecule has 0 spiro atoms. The van der Waals surface area contributed by atoms with Crippen molar-refractivity contribution in [1.82, 2.24) is 10.2 Å². The number of carboxylic acid groups (broad SMARTS) is 1. The van der Waals surface area contributed by atoms with Crippen molar-refractivity contribution in [3.63, 3.8) is 0 Å². The number of hydrogen-bond donors (Lipinski definition) is 2. The number of piperidine rings is 2. The summed E-state index contributed by atoms with van der Waals surface area (Å²) < 4.78 is 5.75. The number of carbonyl (C=O) groups is 3. The monoisotopic (exact) mass is 533 g/mol. The third-order valence-corrected chi connectivity index (χ3v) is 9.69. The number of anilines is 1. The first kappa shape index (κ1) is 27.9. The first-order valence-electron chi connectivity index (χ1n) is 13.9. The SMILES string of the molecule is CC1CCC(C(=O)N(c2cc(C(C)(C)C)sc2C(=O)O)C2CCN(C(=O)OC3CCNCC3)CC2)CC1. The van der Waals surface area contributed by atoms with Gasteiger partial charge in [0.25, 0.3) is 0 Å². The molecule has 3 aliphatic rings. The lowest BCUT2D eigenvalue weighted by Crippen LogP contribution is -2.51. The lowest BCUT2D eigenvalue weighted by atomic mass is 9.82. The Morgan fingerprint density at radius 1 is 1.03 bits per heavy atom. The van der Waals surface area contributed by atoms with Gasteiger partial charge in [0, 0.05) is 29.9 Å². The highest BCUT2D eigenvalue weighted by molar-refractivity contribution is 7.14. The van der Waals surface area contributed by atoms with E-state index < -0.39 is 5.97 Å². The Morgan fingerprint density at radius 3 is 2.22 bits per heavy atom. The highest BCUT2D eigenvalue weighted by atomic mass is 32.1. The van der Waals surface area contributed by atoms with Crippen molar-refractivity contribution in [2.24, 2.45) is 11.8 Å². The van der Waals surface area contributed by atoms with Gasteiger partial charge in [0.15, 0.2) is 0 Å². The van der Waals surface area contributed by atoms with E-state index in [9.17, 15) is 19.5 Å². The Hall–Kier alpha value is -2.13. The van der Waals surface area contributed by atoms with E-state index in [-0.39, 0.29) is 40.4 Å². The van der Waals surface area contributed by atoms with Crippen LogP contribution in [0.4, 0.5) is 10.5 Å². The summed E-state index contributed by atoms with van der Waals surface area (Å²) in [5.74, 6) is -0.411. The molecule has 8 nitrogen and oxygen atoms in total. The van der Waals surface area contributed by atoms with Crippen molar-refractivity contribution < 1.29 is 24.2 Å². The fourth-order valence-electron chi connectivity index (χ4n) is 5.72. The van der Waals surface area contributed by atoms with E-state index in [1.165, 1.54) is 11.3 Å². The topological polar surface area (TPSA) is 99.2 Å². The number of hydrogen-bond acceptors (Lipinski definition) is 6. The van der Waals surface area contributed by atoms with Gasteiger partial charge in [-0.25, -0.2) is 9.59 Å². The van der Waals surface area contributed by atoms with Gasteiger partial charge in [0.2, 0.25) is 5.91 Å². The summed E-state index contributed by atoms with van der Waals surface area (Å²) in [6.07, 6.45) is 6.29. The standard InChI is InChI=1S/C28H43N3O5S/c1-18-5-7-19(8-6-18)25(32)31(22-17-23(28(2,3)4)37-24(22)26(33)34)20-11-15-30(16-12-20)27(35)36-21-9-13-29-14-10-21/h17-21,29H,5-16H2,1-4H3,(H,33,34). The van der Waals surface area contributed by atoms with Crippen molar-refractivity contribution in [3.05, 3.63) is 15.8 Å². The molecule has 2 saturated heterocycles. The number of ether oxygens (including phenoxy) is 1. The van der Waals surface area contributed by atoms with Gasteiger partial charge in [0.05, 0.1) is 5.69 Å². The molecule has 2 N–H and O–H groups in total. The molecule has 0 aromatic carbocycles. The number of nitrogens with zero attached hydrogens (tertiary/aromatic N) is 2. The summed E-state index contributed by atoms with van der Waals surface area (Å²) in [6.45, 7) is 11.1. The van der Waals surface area contributed by atoms with Gasteiger partial charge in [-0.05, 0) is 81.9 Å². The summed E-state index contributed by atoms with van der Waals surface area (Å²) >= 11 is 1.27. The Labute approximate surface area is 224 Å². The van der Waals surface area contributed by atoms with E-state index in [4.69, 9.17) is 4.74 Å². The maximum atomic E-state index is 14.0. The second kappa shape index (κ2) is 11.7. The minimum Gasteiger partial charge on any atom is -0.477 e. The van der Waals surface area contributed by atoms with Crippen LogP contribution in [0.3, 0.4) is 0 Å². The Morgan fingerprint density at radius 2 is 1.65 bits per heavy atom. The zero-order chi connectivity index (χ0) is 26.7. The van der Waals surface area contributed by atoms with Crippen molar-refractivity contribution in [2.45, 2.75) is 96.6 Å². The van der Waals surface area contributed by atoms with E-state index in [0.29, 0.717) is 37.5 Å². The minimum atomic E-state index is -0.992. The number of likely N-dealkylation sites (tertiary alicyclic amines) is 1. The summed E-state index contributed by atoms with van der Waals surface area (Å²) in [5, 5.41) is 13.4. The molecule has 1 aliphatic carbocycles. The molecule has 1 aromatic heterocycles. The third-order valence-electron chi connectivity index (χ3n) is 8.15. The zero-order valence-corrected chi connectivity index (χ0v) is 23.6. The van der Waals surface area contributed by atoms with Gasteiger partial charge in [-0.1, -0.05) is 27.7 Å². The molecular formula is C28H43N3O5S. The van der Waals surface area contributed by atoms with Crippen LogP contribution in [0.2, 0.25) is 0 Å². The van der Waals surface area contributed by atoms with Gasteiger partial charge in [-0.2, -0.15) is 0 Å². The average molecular weight is 534 g/mol. The number of amides is 2. The van der Waals surface area contributed by atoms with E-state index in [1.807, 2.05) is 11.0 Å². The molecule has 1 aromatic rings. The lowest BCUT2D eigenvalue weighted by Gasteiger charge is -2.40. The first-order chi connectivity index (χ1) is 17.5. The molecule has 3 fully saturated rings. The summed E-state index contributed by atoms with van der Waals surface area (Å²) in [7, 11) is 0. The molecule has 4 rings (SSSR count). The number of rotatable bonds is 5. The fourth-order valence-corrected chi connectivity index (χ4v) is 6.77. The van der Waals surface area contributed by atoms with Crippen molar-refractivity contribution >= 4 is 35.0 Å². The van der Waals surface area contributed by atoms with E-state index in [1.54, 1.807) is 4.90 Å². The van der Waals surface area contributed by atoms with Gasteiger partial charge < -0.3 is 25.0 Å². The molecule has 0 bridgehead atoms. The number of aromatic carboxylic acids is 1. The molecule has 0 radical (unpaired) electrons. The van der Waals surface area contributed by atoms with Crippen LogP contribution in [0.1, 0.15) is 93.6 Å². The lowest BCUT2D eigenvalue weighted by molar-refractivity contribution is -0.124. The maximum Gasteiger partial charge on any atom is 0.410 e. The Kier molecular flexibility index (Phi) is 8.84. The van der Waals surface area contributed by atoms with Crippen LogP contribution < -0.4 is 10.2 Å². The molecule has 1 saturated carbocycles. The van der Waals surface area contributed by atoms with Gasteiger partial charge in [-0.3, -0.25) is 4.79 Å². The predicted octanol–water partition coefficient (Wildman–Crippen LogP) is 5.26. The number of thiophene rings is 1. The van der Waals surface area contributed by atoms with E-state index in [2.05, 4.69) is 33.0 Å². The predicted molar refractivity (Wildman–Crippen MR) is 146 cm³/mol. The largest absolute Gasteiger partial charge is 0.477 e. The Bertz CT molecular complexity index is 965. The smallest absolute Gasteiger partial charge is 0.410 e. The van der Waals surface area contributed by atoms with Crippen LogP contribution in [0.25, 0.3) is 0 Å². The van der Waals surface area contributed by atoms with E-state index >= 15 is 0 Å². The number of carbonyl (C=O) groups excluding carboxylic acids is 2. The molecule has 206 valence electrons. The van der Waals surface area contributed by atoms with Crippen LogP contribution in [0, 0.1) is 11.8 Å². The average Bonchev–Trinajstić information content (AvgIpc) is 3.32. The normalized spacial score (nSPS) is 24.1. The molecule has 37 heavy (non-hydrogen) atoms. The second-order valence-electron chi connectivity index (χ2n) is 12.1. The quantitative estimate of drug-likeness (QED) is 0.536. The molecule has 2 aliphatic heterocycles. The van der Waals surface area contributed by atoms with Crippen molar-refractivity contribution in [3.8, 4) is 0 Å². The maximum absolute atomic E-state index is 14.0.